The molecule has 0 saturated carbocycles. The Bertz CT molecular complexity index is 598. The molecule has 19 heavy (non-hydrogen) atoms. The summed E-state index contributed by atoms with van der Waals surface area (Å²) in [5.74, 6) is -0.439. The van der Waals surface area contributed by atoms with Crippen LogP contribution >= 0.6 is 0 Å². The number of hydrogen-bond donors (Lipinski definition) is 2. The molecule has 0 saturated heterocycles. The van der Waals surface area contributed by atoms with Crippen LogP contribution in [0.15, 0.2) is 24.4 Å². The first-order valence-electron chi connectivity index (χ1n) is 5.80. The van der Waals surface area contributed by atoms with E-state index in [2.05, 4.69) is 15.3 Å². The van der Waals surface area contributed by atoms with Crippen LogP contribution in [0.3, 0.4) is 0 Å². The summed E-state index contributed by atoms with van der Waals surface area (Å²) >= 11 is 0. The van der Waals surface area contributed by atoms with Crippen LogP contribution in [0.2, 0.25) is 0 Å². The van der Waals surface area contributed by atoms with Crippen LogP contribution in [0.1, 0.15) is 5.56 Å². The number of aryl methyl sites for hydroxylation is 1. The van der Waals surface area contributed by atoms with Gasteiger partial charge in [0, 0.05) is 25.5 Å². The lowest BCUT2D eigenvalue weighted by Gasteiger charge is -2.17. The summed E-state index contributed by atoms with van der Waals surface area (Å²) in [6.45, 7) is 2.02. The van der Waals surface area contributed by atoms with Gasteiger partial charge in [-0.15, -0.1) is 0 Å². The van der Waals surface area contributed by atoms with Crippen LogP contribution in [-0.4, -0.2) is 24.1 Å². The van der Waals surface area contributed by atoms with Crippen molar-refractivity contribution in [3.8, 4) is 0 Å². The van der Waals surface area contributed by atoms with Crippen molar-refractivity contribution in [2.24, 2.45) is 0 Å². The van der Waals surface area contributed by atoms with E-state index < -0.39 is 5.82 Å². The first-order valence-corrected chi connectivity index (χ1v) is 5.80. The molecule has 0 aliphatic heterocycles. The van der Waals surface area contributed by atoms with E-state index >= 15 is 0 Å². The third kappa shape index (κ3) is 2.90. The molecule has 0 unspecified atom stereocenters. The summed E-state index contributed by atoms with van der Waals surface area (Å²) in [6, 6.07) is 5.74. The molecule has 2 rings (SSSR count). The Morgan fingerprint density at radius 3 is 2.74 bits per heavy atom. The number of anilines is 4. The summed E-state index contributed by atoms with van der Waals surface area (Å²) in [4.78, 5) is 9.41. The fourth-order valence-corrected chi connectivity index (χ4v) is 1.77. The molecule has 0 aliphatic rings. The van der Waals surface area contributed by atoms with Crippen LogP contribution < -0.4 is 16.0 Å². The molecule has 0 spiro atoms. The Kier molecular flexibility index (Phi) is 3.50. The highest BCUT2D eigenvalue weighted by Gasteiger charge is 2.07. The van der Waals surface area contributed by atoms with Crippen LogP contribution in [0.25, 0.3) is 0 Å². The van der Waals surface area contributed by atoms with Gasteiger partial charge in [0.05, 0.1) is 6.20 Å². The predicted molar refractivity (Wildman–Crippen MR) is 75.2 cm³/mol. The highest BCUT2D eigenvalue weighted by Crippen LogP contribution is 2.25. The fraction of sp³-hybridized carbons (Fsp3) is 0.231. The van der Waals surface area contributed by atoms with Gasteiger partial charge >= 0.3 is 0 Å². The van der Waals surface area contributed by atoms with E-state index in [4.69, 9.17) is 5.73 Å². The number of halogens is 1. The number of aromatic nitrogens is 2. The first kappa shape index (κ1) is 13.1. The zero-order valence-electron chi connectivity index (χ0n) is 11.1. The number of benzene rings is 1. The summed E-state index contributed by atoms with van der Waals surface area (Å²) in [5.41, 5.74) is 8.37. The van der Waals surface area contributed by atoms with Crippen LogP contribution in [-0.2, 0) is 0 Å². The lowest BCUT2D eigenvalue weighted by Crippen LogP contribution is -2.10. The van der Waals surface area contributed by atoms with Gasteiger partial charge in [0.2, 0.25) is 5.95 Å². The molecule has 1 heterocycles. The molecule has 6 heteroatoms. The van der Waals surface area contributed by atoms with Crippen molar-refractivity contribution in [2.75, 3.05) is 30.0 Å². The van der Waals surface area contributed by atoms with E-state index in [1.165, 1.54) is 0 Å². The number of hydrogen-bond acceptors (Lipinski definition) is 5. The van der Waals surface area contributed by atoms with Gasteiger partial charge in [-0.25, -0.2) is 9.37 Å². The van der Waals surface area contributed by atoms with Crippen LogP contribution in [0.5, 0.6) is 0 Å². The molecular weight excluding hydrogens is 245 g/mol. The number of nitrogens with zero attached hydrogens (tertiary/aromatic N) is 3. The van der Waals surface area contributed by atoms with Gasteiger partial charge in [-0.05, 0) is 24.6 Å². The monoisotopic (exact) mass is 261 g/mol. The molecule has 0 amide bonds. The quantitative estimate of drug-likeness (QED) is 0.887. The molecule has 0 bridgehead atoms. The Morgan fingerprint density at radius 2 is 2.05 bits per heavy atom. The second kappa shape index (κ2) is 5.09. The minimum atomic E-state index is -0.541. The van der Waals surface area contributed by atoms with E-state index in [9.17, 15) is 4.39 Å². The summed E-state index contributed by atoms with van der Waals surface area (Å²) in [5, 5.41) is 2.90. The summed E-state index contributed by atoms with van der Waals surface area (Å²) < 4.78 is 13.5. The molecule has 1 aromatic carbocycles. The molecular formula is C13H16FN5. The van der Waals surface area contributed by atoms with E-state index in [1.54, 1.807) is 0 Å². The van der Waals surface area contributed by atoms with Crippen molar-refractivity contribution < 1.29 is 4.39 Å². The van der Waals surface area contributed by atoms with Gasteiger partial charge in [0.25, 0.3) is 0 Å². The van der Waals surface area contributed by atoms with Crippen molar-refractivity contribution in [1.29, 1.82) is 0 Å². The Hall–Kier alpha value is -2.37. The van der Waals surface area contributed by atoms with Gasteiger partial charge in [-0.1, -0.05) is 6.07 Å². The number of nitrogens with one attached hydrogen (secondary N) is 1. The molecule has 1 aromatic heterocycles. The van der Waals surface area contributed by atoms with Crippen molar-refractivity contribution in [3.63, 3.8) is 0 Å². The van der Waals surface area contributed by atoms with E-state index in [0.717, 1.165) is 23.1 Å². The van der Waals surface area contributed by atoms with Gasteiger partial charge in [-0.3, -0.25) is 0 Å². The highest BCUT2D eigenvalue weighted by atomic mass is 19.1. The van der Waals surface area contributed by atoms with E-state index in [-0.39, 0.29) is 11.8 Å². The van der Waals surface area contributed by atoms with Crippen molar-refractivity contribution in [3.05, 3.63) is 35.8 Å². The fourth-order valence-electron chi connectivity index (χ4n) is 1.77. The van der Waals surface area contributed by atoms with Gasteiger partial charge in [-0.2, -0.15) is 4.98 Å². The summed E-state index contributed by atoms with van der Waals surface area (Å²) in [6.07, 6.45) is 1.05. The third-order valence-corrected chi connectivity index (χ3v) is 2.72. The standard InChI is InChI=1S/C13H16FN5/c1-8-4-5-9(6-11(8)19(2)3)17-12-10(14)7-16-13(15)18-12/h4-7H,1-3H3,(H3,15,16,17,18). The lowest BCUT2D eigenvalue weighted by molar-refractivity contribution is 0.620. The third-order valence-electron chi connectivity index (χ3n) is 2.72. The molecule has 2 aromatic rings. The van der Waals surface area contributed by atoms with Crippen molar-refractivity contribution in [2.45, 2.75) is 6.92 Å². The number of nitrogen functional groups attached to an aromatic ring is 1. The maximum absolute atomic E-state index is 13.5. The van der Waals surface area contributed by atoms with Gasteiger partial charge < -0.3 is 16.0 Å². The Balaban J connectivity index is 2.33. The van der Waals surface area contributed by atoms with Crippen LogP contribution in [0.4, 0.5) is 27.5 Å². The number of nitrogens with two attached hydrogens (primary N) is 1. The predicted octanol–water partition coefficient (Wildman–Crippen LogP) is 2.32. The van der Waals surface area contributed by atoms with Crippen molar-refractivity contribution in [1.82, 2.24) is 9.97 Å². The second-order valence-corrected chi connectivity index (χ2v) is 4.45. The van der Waals surface area contributed by atoms with Gasteiger partial charge in [0.1, 0.15) is 0 Å². The molecule has 0 fully saturated rings. The summed E-state index contributed by atoms with van der Waals surface area (Å²) in [7, 11) is 3.91. The average Bonchev–Trinajstić information content (AvgIpc) is 2.36. The van der Waals surface area contributed by atoms with E-state index in [0.29, 0.717) is 0 Å². The zero-order valence-corrected chi connectivity index (χ0v) is 11.1. The van der Waals surface area contributed by atoms with Crippen LogP contribution in [0, 0.1) is 12.7 Å². The molecule has 0 atom stereocenters. The molecule has 5 nitrogen and oxygen atoms in total. The largest absolute Gasteiger partial charge is 0.377 e. The number of rotatable bonds is 3. The smallest absolute Gasteiger partial charge is 0.222 e. The maximum Gasteiger partial charge on any atom is 0.222 e. The average molecular weight is 261 g/mol. The highest BCUT2D eigenvalue weighted by molar-refractivity contribution is 5.66. The zero-order chi connectivity index (χ0) is 14.0. The van der Waals surface area contributed by atoms with Crippen molar-refractivity contribution >= 4 is 23.1 Å². The minimum Gasteiger partial charge on any atom is -0.377 e. The lowest BCUT2D eigenvalue weighted by atomic mass is 10.1. The Labute approximate surface area is 111 Å². The topological polar surface area (TPSA) is 67.1 Å². The second-order valence-electron chi connectivity index (χ2n) is 4.45. The first-order chi connectivity index (χ1) is 8.97. The molecule has 100 valence electrons. The molecule has 0 aliphatic carbocycles. The SMILES string of the molecule is Cc1ccc(Nc2nc(N)ncc2F)cc1N(C)C. The normalized spacial score (nSPS) is 10.3. The van der Waals surface area contributed by atoms with Gasteiger partial charge in [0.15, 0.2) is 11.6 Å². The molecule has 3 N–H and O–H groups in total. The minimum absolute atomic E-state index is 0.0313. The maximum atomic E-state index is 13.5. The molecule has 0 radical (unpaired) electrons. The van der Waals surface area contributed by atoms with E-state index in [1.807, 2.05) is 44.1 Å². The Morgan fingerprint density at radius 1 is 1.32 bits per heavy atom.